The van der Waals surface area contributed by atoms with Crippen molar-refractivity contribution in [2.45, 2.75) is 32.2 Å². The zero-order valence-electron chi connectivity index (χ0n) is 8.57. The predicted octanol–water partition coefficient (Wildman–Crippen LogP) is 1.63. The average Bonchev–Trinajstić information content (AvgIpc) is 2.74. The topological polar surface area (TPSA) is 42.2 Å². The number of rotatable bonds is 3. The molecule has 1 aliphatic heterocycles. The minimum Gasteiger partial charge on any atom is -0.345 e. The van der Waals surface area contributed by atoms with E-state index in [0.717, 1.165) is 18.7 Å². The lowest BCUT2D eigenvalue weighted by atomic mass is 10.2. The largest absolute Gasteiger partial charge is 0.345 e. The smallest absolute Gasteiger partial charge is 0.185 e. The minimum absolute atomic E-state index is 0.659. The lowest BCUT2D eigenvalue weighted by Crippen LogP contribution is -2.26. The molecule has 0 bridgehead atoms. The standard InChI is InChI=1S/C10H17N3S/c1-8-3-2-6-13(8)10-12-9(4-5-11)7-14-10/h7-8H,2-6,11H2,1H3. The van der Waals surface area contributed by atoms with Gasteiger partial charge in [-0.25, -0.2) is 4.98 Å². The Kier molecular flexibility index (Phi) is 3.03. The summed E-state index contributed by atoms with van der Waals surface area (Å²) in [4.78, 5) is 7.00. The third-order valence-electron chi connectivity index (χ3n) is 2.74. The summed E-state index contributed by atoms with van der Waals surface area (Å²) in [5, 5.41) is 3.31. The molecule has 2 heterocycles. The van der Waals surface area contributed by atoms with Crippen LogP contribution in [0, 0.1) is 0 Å². The molecular weight excluding hydrogens is 194 g/mol. The van der Waals surface area contributed by atoms with Crippen molar-refractivity contribution in [2.75, 3.05) is 18.0 Å². The van der Waals surface area contributed by atoms with Gasteiger partial charge >= 0.3 is 0 Å². The summed E-state index contributed by atoms with van der Waals surface area (Å²) in [5.74, 6) is 0. The van der Waals surface area contributed by atoms with E-state index in [1.165, 1.54) is 18.0 Å². The highest BCUT2D eigenvalue weighted by Gasteiger charge is 2.22. The van der Waals surface area contributed by atoms with Gasteiger partial charge in [-0.2, -0.15) is 0 Å². The molecular formula is C10H17N3S. The molecule has 1 aromatic rings. The number of aromatic nitrogens is 1. The van der Waals surface area contributed by atoms with E-state index in [1.807, 2.05) is 0 Å². The molecule has 1 aliphatic rings. The molecule has 0 radical (unpaired) electrons. The minimum atomic E-state index is 0.659. The van der Waals surface area contributed by atoms with Gasteiger partial charge in [-0.1, -0.05) is 0 Å². The molecule has 1 saturated heterocycles. The van der Waals surface area contributed by atoms with Gasteiger partial charge in [0.05, 0.1) is 5.69 Å². The lowest BCUT2D eigenvalue weighted by Gasteiger charge is -2.19. The maximum atomic E-state index is 5.50. The van der Waals surface area contributed by atoms with Crippen LogP contribution in [0.25, 0.3) is 0 Å². The molecule has 1 fully saturated rings. The van der Waals surface area contributed by atoms with Gasteiger partial charge in [0.15, 0.2) is 5.13 Å². The van der Waals surface area contributed by atoms with Crippen LogP contribution in [-0.2, 0) is 6.42 Å². The Morgan fingerprint density at radius 3 is 3.21 bits per heavy atom. The first-order valence-electron chi connectivity index (χ1n) is 5.22. The first-order chi connectivity index (χ1) is 6.81. The molecule has 2 N–H and O–H groups in total. The number of anilines is 1. The van der Waals surface area contributed by atoms with Crippen LogP contribution in [0.5, 0.6) is 0 Å². The summed E-state index contributed by atoms with van der Waals surface area (Å²) >= 11 is 1.75. The van der Waals surface area contributed by atoms with Gasteiger partial charge in [0.2, 0.25) is 0 Å². The fourth-order valence-corrected chi connectivity index (χ4v) is 2.90. The summed E-state index contributed by atoms with van der Waals surface area (Å²) in [5.41, 5.74) is 6.65. The molecule has 0 spiro atoms. The van der Waals surface area contributed by atoms with Crippen LogP contribution >= 0.6 is 11.3 Å². The van der Waals surface area contributed by atoms with Crippen molar-refractivity contribution in [3.05, 3.63) is 11.1 Å². The highest BCUT2D eigenvalue weighted by Crippen LogP contribution is 2.28. The summed E-state index contributed by atoms with van der Waals surface area (Å²) in [7, 11) is 0. The average molecular weight is 211 g/mol. The van der Waals surface area contributed by atoms with Gasteiger partial charge in [0.25, 0.3) is 0 Å². The van der Waals surface area contributed by atoms with Gasteiger partial charge in [0.1, 0.15) is 0 Å². The summed E-state index contributed by atoms with van der Waals surface area (Å²) < 4.78 is 0. The van der Waals surface area contributed by atoms with E-state index in [0.29, 0.717) is 12.6 Å². The van der Waals surface area contributed by atoms with Gasteiger partial charge < -0.3 is 10.6 Å². The van der Waals surface area contributed by atoms with E-state index >= 15 is 0 Å². The van der Waals surface area contributed by atoms with E-state index in [2.05, 4.69) is 22.2 Å². The third kappa shape index (κ3) is 1.91. The molecule has 1 atom stereocenters. The van der Waals surface area contributed by atoms with E-state index in [9.17, 15) is 0 Å². The maximum Gasteiger partial charge on any atom is 0.185 e. The van der Waals surface area contributed by atoms with E-state index in [4.69, 9.17) is 5.73 Å². The second kappa shape index (κ2) is 4.28. The van der Waals surface area contributed by atoms with Crippen molar-refractivity contribution in [1.82, 2.24) is 4.98 Å². The Labute approximate surface area is 88.9 Å². The zero-order valence-corrected chi connectivity index (χ0v) is 9.39. The summed E-state index contributed by atoms with van der Waals surface area (Å²) in [6.45, 7) is 4.13. The normalized spacial score (nSPS) is 21.9. The van der Waals surface area contributed by atoms with Gasteiger partial charge in [0, 0.05) is 24.4 Å². The van der Waals surface area contributed by atoms with Crippen molar-refractivity contribution >= 4 is 16.5 Å². The molecule has 0 aliphatic carbocycles. The van der Waals surface area contributed by atoms with E-state index in [1.54, 1.807) is 11.3 Å². The highest BCUT2D eigenvalue weighted by molar-refractivity contribution is 7.13. The number of nitrogens with two attached hydrogens (primary N) is 1. The number of hydrogen-bond acceptors (Lipinski definition) is 4. The summed E-state index contributed by atoms with van der Waals surface area (Å²) in [6.07, 6.45) is 3.50. The Morgan fingerprint density at radius 2 is 2.57 bits per heavy atom. The fourth-order valence-electron chi connectivity index (χ4n) is 1.91. The van der Waals surface area contributed by atoms with Gasteiger partial charge in [-0.05, 0) is 26.3 Å². The number of nitrogens with zero attached hydrogens (tertiary/aromatic N) is 2. The fraction of sp³-hybridized carbons (Fsp3) is 0.700. The Balaban J connectivity index is 2.08. The van der Waals surface area contributed by atoms with Gasteiger partial charge in [-0.3, -0.25) is 0 Å². The lowest BCUT2D eigenvalue weighted by molar-refractivity contribution is 0.731. The van der Waals surface area contributed by atoms with Crippen LogP contribution in [0.1, 0.15) is 25.5 Å². The third-order valence-corrected chi connectivity index (χ3v) is 3.67. The molecule has 0 amide bonds. The van der Waals surface area contributed by atoms with Crippen LogP contribution in [0.2, 0.25) is 0 Å². The number of thiazole rings is 1. The second-order valence-electron chi connectivity index (χ2n) is 3.84. The molecule has 3 nitrogen and oxygen atoms in total. The second-order valence-corrected chi connectivity index (χ2v) is 4.68. The Hall–Kier alpha value is -0.610. The van der Waals surface area contributed by atoms with Gasteiger partial charge in [-0.15, -0.1) is 11.3 Å². The highest BCUT2D eigenvalue weighted by atomic mass is 32.1. The van der Waals surface area contributed by atoms with Crippen molar-refractivity contribution < 1.29 is 0 Å². The molecule has 0 aromatic carbocycles. The van der Waals surface area contributed by atoms with Crippen LogP contribution < -0.4 is 10.6 Å². The van der Waals surface area contributed by atoms with Crippen LogP contribution in [-0.4, -0.2) is 24.1 Å². The van der Waals surface area contributed by atoms with Crippen molar-refractivity contribution in [1.29, 1.82) is 0 Å². The van der Waals surface area contributed by atoms with Crippen LogP contribution in [0.3, 0.4) is 0 Å². The van der Waals surface area contributed by atoms with Crippen molar-refractivity contribution in [2.24, 2.45) is 5.73 Å². The molecule has 1 unspecified atom stereocenters. The quantitative estimate of drug-likeness (QED) is 0.826. The van der Waals surface area contributed by atoms with Crippen molar-refractivity contribution in [3.63, 3.8) is 0 Å². The van der Waals surface area contributed by atoms with Crippen LogP contribution in [0.4, 0.5) is 5.13 Å². The SMILES string of the molecule is CC1CCCN1c1nc(CCN)cs1. The molecule has 1 aromatic heterocycles. The van der Waals surface area contributed by atoms with Crippen molar-refractivity contribution in [3.8, 4) is 0 Å². The maximum absolute atomic E-state index is 5.50. The Morgan fingerprint density at radius 1 is 1.71 bits per heavy atom. The molecule has 78 valence electrons. The first kappa shape index (κ1) is 9.93. The number of hydrogen-bond donors (Lipinski definition) is 1. The molecule has 2 rings (SSSR count). The zero-order chi connectivity index (χ0) is 9.97. The molecule has 0 saturated carbocycles. The monoisotopic (exact) mass is 211 g/mol. The molecule has 14 heavy (non-hydrogen) atoms. The Bertz CT molecular complexity index is 297. The van der Waals surface area contributed by atoms with Crippen LogP contribution in [0.15, 0.2) is 5.38 Å². The first-order valence-corrected chi connectivity index (χ1v) is 6.10. The molecule has 4 heteroatoms. The van der Waals surface area contributed by atoms with E-state index in [-0.39, 0.29) is 0 Å². The van der Waals surface area contributed by atoms with E-state index < -0.39 is 0 Å². The summed E-state index contributed by atoms with van der Waals surface area (Å²) in [6, 6.07) is 0.659. The predicted molar refractivity (Wildman–Crippen MR) is 60.9 cm³/mol.